The molecule has 0 saturated heterocycles. The number of hydrogen-bond acceptors (Lipinski definition) is 6. The van der Waals surface area contributed by atoms with Crippen molar-refractivity contribution < 1.29 is 18.3 Å². The molecule has 0 bridgehead atoms. The predicted octanol–water partition coefficient (Wildman–Crippen LogP) is 4.51. The van der Waals surface area contributed by atoms with Gasteiger partial charge in [0.15, 0.2) is 12.2 Å². The minimum absolute atomic E-state index is 0.187. The molecule has 0 unspecified atom stereocenters. The van der Waals surface area contributed by atoms with E-state index in [1.54, 1.807) is 12.4 Å². The zero-order valence-electron chi connectivity index (χ0n) is 14.7. The summed E-state index contributed by atoms with van der Waals surface area (Å²) >= 11 is 0. The largest absolute Gasteiger partial charge is 0.444 e. The number of fused-ring (bicyclic) bond motifs is 2. The summed E-state index contributed by atoms with van der Waals surface area (Å²) in [6.45, 7) is 0. The third kappa shape index (κ3) is 2.97. The molecule has 2 aromatic carbocycles. The van der Waals surface area contributed by atoms with Crippen molar-refractivity contribution >= 4 is 33.4 Å². The highest BCUT2D eigenvalue weighted by atomic mass is 32.3. The summed E-state index contributed by atoms with van der Waals surface area (Å²) in [6.07, 6.45) is 4.66. The lowest BCUT2D eigenvalue weighted by atomic mass is 10.0. The number of amides is 1. The Morgan fingerprint density at radius 2 is 2.00 bits per heavy atom. The normalized spacial score (nSPS) is 19.2. The van der Waals surface area contributed by atoms with Crippen molar-refractivity contribution in [2.24, 2.45) is 0 Å². The Labute approximate surface area is 162 Å². The smallest absolute Gasteiger partial charge is 0.257 e. The van der Waals surface area contributed by atoms with E-state index in [0.717, 1.165) is 33.6 Å². The van der Waals surface area contributed by atoms with Gasteiger partial charge in [0, 0.05) is 28.7 Å². The number of nitrogens with one attached hydrogen (secondary N) is 2. The van der Waals surface area contributed by atoms with Crippen LogP contribution in [0.1, 0.15) is 16.7 Å². The summed E-state index contributed by atoms with van der Waals surface area (Å²) in [7, 11) is -2.55. The van der Waals surface area contributed by atoms with Crippen molar-refractivity contribution in [3.05, 3.63) is 71.9 Å². The predicted molar refractivity (Wildman–Crippen MR) is 109 cm³/mol. The van der Waals surface area contributed by atoms with Crippen LogP contribution >= 0.6 is 10.6 Å². The van der Waals surface area contributed by atoms with Crippen LogP contribution in [0, 0.1) is 0 Å². The maximum atomic E-state index is 12.4. The molecule has 0 atom stereocenters. The molecule has 28 heavy (non-hydrogen) atoms. The lowest BCUT2D eigenvalue weighted by Gasteiger charge is -2.25. The molecule has 0 spiro atoms. The van der Waals surface area contributed by atoms with E-state index >= 15 is 0 Å². The second-order valence-electron chi connectivity index (χ2n) is 6.86. The van der Waals surface area contributed by atoms with Gasteiger partial charge in [-0.15, -0.1) is 0 Å². The molecule has 0 radical (unpaired) electrons. The van der Waals surface area contributed by atoms with Crippen LogP contribution in [0.15, 0.2) is 59.6 Å². The molecule has 2 aliphatic heterocycles. The summed E-state index contributed by atoms with van der Waals surface area (Å²) in [5.41, 5.74) is 5.54. The van der Waals surface area contributed by atoms with Gasteiger partial charge in [-0.25, -0.2) is 4.98 Å². The first-order valence-electron chi connectivity index (χ1n) is 8.65. The molecule has 3 aromatic rings. The molecule has 3 heterocycles. The molecular formula is C20H17N3O4S. The molecule has 1 aromatic heterocycles. The van der Waals surface area contributed by atoms with E-state index in [-0.39, 0.29) is 11.7 Å². The van der Waals surface area contributed by atoms with Gasteiger partial charge < -0.3 is 15.1 Å². The minimum Gasteiger partial charge on any atom is -0.444 e. The van der Waals surface area contributed by atoms with Gasteiger partial charge in [0.2, 0.25) is 0 Å². The number of nitrogens with zero attached hydrogens (tertiary/aromatic N) is 1. The Hall–Kier alpha value is -3.07. The van der Waals surface area contributed by atoms with Gasteiger partial charge in [0.25, 0.3) is 5.91 Å². The maximum absolute atomic E-state index is 12.4. The van der Waals surface area contributed by atoms with Gasteiger partial charge in [-0.2, -0.15) is 10.6 Å². The zero-order chi connectivity index (χ0) is 19.3. The van der Waals surface area contributed by atoms with Crippen LogP contribution in [-0.4, -0.2) is 20.0 Å². The van der Waals surface area contributed by atoms with E-state index in [9.17, 15) is 13.9 Å². The molecule has 8 heteroatoms. The monoisotopic (exact) mass is 395 g/mol. The van der Waals surface area contributed by atoms with Gasteiger partial charge in [-0.1, -0.05) is 6.07 Å². The molecule has 0 fully saturated rings. The van der Waals surface area contributed by atoms with Crippen molar-refractivity contribution in [2.45, 2.75) is 11.5 Å². The SMILES string of the molecule is O=C1Nc2ccc(-c3cnco3)cc2C1=CNc1ccc2c(c1)CS(O)(O)C2. The quantitative estimate of drug-likeness (QED) is 0.486. The number of hydrogen-bond donors (Lipinski definition) is 4. The van der Waals surface area contributed by atoms with Gasteiger partial charge in [-0.3, -0.25) is 13.9 Å². The number of benzene rings is 2. The van der Waals surface area contributed by atoms with Crippen LogP contribution in [0.3, 0.4) is 0 Å². The summed E-state index contributed by atoms with van der Waals surface area (Å²) in [5, 5.41) is 6.01. The lowest BCUT2D eigenvalue weighted by molar-refractivity contribution is -0.110. The van der Waals surface area contributed by atoms with Crippen molar-refractivity contribution in [3.63, 3.8) is 0 Å². The number of aromatic nitrogens is 1. The second kappa shape index (κ2) is 6.23. The fraction of sp³-hybridized carbons (Fsp3) is 0.100. The molecule has 142 valence electrons. The molecule has 4 N–H and O–H groups in total. The van der Waals surface area contributed by atoms with Crippen LogP contribution in [0.5, 0.6) is 0 Å². The van der Waals surface area contributed by atoms with E-state index in [1.165, 1.54) is 6.39 Å². The number of carbonyl (C=O) groups is 1. The molecular weight excluding hydrogens is 378 g/mol. The van der Waals surface area contributed by atoms with Gasteiger partial charge >= 0.3 is 0 Å². The van der Waals surface area contributed by atoms with Crippen molar-refractivity contribution in [1.29, 1.82) is 0 Å². The average molecular weight is 395 g/mol. The average Bonchev–Trinajstić information content (AvgIpc) is 3.35. The molecule has 0 saturated carbocycles. The van der Waals surface area contributed by atoms with E-state index in [2.05, 4.69) is 15.6 Å². The highest BCUT2D eigenvalue weighted by molar-refractivity contribution is 8.23. The number of anilines is 2. The Kier molecular flexibility index (Phi) is 3.80. The first-order chi connectivity index (χ1) is 13.5. The fourth-order valence-electron chi connectivity index (χ4n) is 3.54. The second-order valence-corrected chi connectivity index (χ2v) is 9.04. The highest BCUT2D eigenvalue weighted by Crippen LogP contribution is 2.52. The number of oxazole rings is 1. The first-order valence-corrected chi connectivity index (χ1v) is 10.5. The number of carbonyl (C=O) groups excluding carboxylic acids is 1. The third-order valence-corrected chi connectivity index (χ3v) is 6.43. The first kappa shape index (κ1) is 17.1. The fourth-order valence-corrected chi connectivity index (χ4v) is 5.19. The topological polar surface area (TPSA) is 108 Å². The van der Waals surface area contributed by atoms with Gasteiger partial charge in [0.1, 0.15) is 0 Å². The van der Waals surface area contributed by atoms with Crippen LogP contribution in [-0.2, 0) is 16.3 Å². The summed E-state index contributed by atoms with van der Waals surface area (Å²) in [4.78, 5) is 16.3. The molecule has 7 nitrogen and oxygen atoms in total. The van der Waals surface area contributed by atoms with Crippen molar-refractivity contribution in [3.8, 4) is 11.3 Å². The third-order valence-electron chi connectivity index (χ3n) is 4.88. The zero-order valence-corrected chi connectivity index (χ0v) is 15.5. The summed E-state index contributed by atoms with van der Waals surface area (Å²) in [6, 6.07) is 11.3. The highest BCUT2D eigenvalue weighted by Gasteiger charge is 2.26. The minimum atomic E-state index is -2.55. The maximum Gasteiger partial charge on any atom is 0.257 e. The molecule has 5 rings (SSSR count). The van der Waals surface area contributed by atoms with E-state index in [0.29, 0.717) is 17.1 Å². The molecule has 1 amide bonds. The number of rotatable bonds is 3. The Bertz CT molecular complexity index is 1120. The standard InChI is InChI=1S/C20H17N3O4S/c24-20-17(7-22-15-3-1-13-9-28(25,26)10-14(13)5-15)16-6-12(2-4-18(16)23-20)19-8-21-11-27-19/h1-8,11,22,25-26H,9-10H2,(H,23,24). The van der Waals surface area contributed by atoms with E-state index in [4.69, 9.17) is 4.42 Å². The lowest BCUT2D eigenvalue weighted by Crippen LogP contribution is -2.05. The summed E-state index contributed by atoms with van der Waals surface area (Å²) < 4.78 is 25.1. The van der Waals surface area contributed by atoms with Crippen LogP contribution in [0.2, 0.25) is 0 Å². The van der Waals surface area contributed by atoms with Crippen LogP contribution < -0.4 is 10.6 Å². The van der Waals surface area contributed by atoms with Crippen molar-refractivity contribution in [2.75, 3.05) is 10.6 Å². The Morgan fingerprint density at radius 3 is 2.82 bits per heavy atom. The van der Waals surface area contributed by atoms with Crippen molar-refractivity contribution in [1.82, 2.24) is 4.98 Å². The Morgan fingerprint density at radius 1 is 1.14 bits per heavy atom. The van der Waals surface area contributed by atoms with Gasteiger partial charge in [0.05, 0.1) is 23.3 Å². The van der Waals surface area contributed by atoms with Crippen LogP contribution in [0.4, 0.5) is 11.4 Å². The molecule has 2 aliphatic rings. The van der Waals surface area contributed by atoms with E-state index < -0.39 is 10.6 Å². The van der Waals surface area contributed by atoms with E-state index in [1.807, 2.05) is 36.4 Å². The van der Waals surface area contributed by atoms with Gasteiger partial charge in [-0.05, 0) is 41.5 Å². The Balaban J connectivity index is 1.44. The molecule has 0 aliphatic carbocycles. The van der Waals surface area contributed by atoms with Crippen LogP contribution in [0.25, 0.3) is 16.9 Å². The summed E-state index contributed by atoms with van der Waals surface area (Å²) in [5.74, 6) is 1.03.